The van der Waals surface area contributed by atoms with Crippen molar-refractivity contribution in [1.29, 1.82) is 5.26 Å². The van der Waals surface area contributed by atoms with E-state index in [0.29, 0.717) is 0 Å². The molecule has 0 radical (unpaired) electrons. The van der Waals surface area contributed by atoms with Gasteiger partial charge in [0.1, 0.15) is 6.07 Å². The van der Waals surface area contributed by atoms with Gasteiger partial charge in [-0.05, 0) is 18.6 Å². The molecule has 1 rings (SSSR count). The molecule has 1 aromatic rings. The number of primary amides is 1. The number of rotatable bonds is 3. The van der Waals surface area contributed by atoms with Gasteiger partial charge in [0.25, 0.3) is 5.91 Å². The van der Waals surface area contributed by atoms with Crippen molar-refractivity contribution >= 4 is 17.3 Å². The third-order valence-corrected chi connectivity index (χ3v) is 1.77. The summed E-state index contributed by atoms with van der Waals surface area (Å²) >= 11 is 0. The highest BCUT2D eigenvalue weighted by Gasteiger charge is 2.04. The summed E-state index contributed by atoms with van der Waals surface area (Å²) in [5.74, 6) is -0.849. The molecular weight excluding hydrogens is 192 g/mol. The molecule has 0 fully saturated rings. The van der Waals surface area contributed by atoms with Gasteiger partial charge in [0.15, 0.2) is 0 Å². The summed E-state index contributed by atoms with van der Waals surface area (Å²) in [6.45, 7) is 1.88. The number of aryl methyl sites for hydroxylation is 1. The second-order valence-electron chi connectivity index (χ2n) is 2.86. The van der Waals surface area contributed by atoms with E-state index >= 15 is 0 Å². The first-order chi connectivity index (χ1) is 7.15. The molecule has 5 heteroatoms. The summed E-state index contributed by atoms with van der Waals surface area (Å²) in [6.07, 6.45) is 0. The molecule has 0 aromatic heterocycles. The number of nitrogens with zero attached hydrogens (tertiary/aromatic N) is 2. The molecule has 0 aliphatic carbocycles. The fourth-order valence-electron chi connectivity index (χ4n) is 0.950. The Hall–Kier alpha value is -2.35. The average molecular weight is 202 g/mol. The molecule has 0 heterocycles. The Morgan fingerprint density at radius 1 is 1.53 bits per heavy atom. The zero-order valence-electron chi connectivity index (χ0n) is 8.19. The van der Waals surface area contributed by atoms with E-state index in [-0.39, 0.29) is 5.71 Å². The number of carbonyl (C=O) groups is 1. The van der Waals surface area contributed by atoms with Crippen LogP contribution in [-0.4, -0.2) is 11.6 Å². The van der Waals surface area contributed by atoms with Gasteiger partial charge in [-0.1, -0.05) is 18.2 Å². The van der Waals surface area contributed by atoms with E-state index in [2.05, 4.69) is 10.5 Å². The Morgan fingerprint density at radius 3 is 2.73 bits per heavy atom. The molecule has 3 N–H and O–H groups in total. The Morgan fingerprint density at radius 2 is 2.20 bits per heavy atom. The van der Waals surface area contributed by atoms with Crippen LogP contribution in [0.25, 0.3) is 0 Å². The fourth-order valence-corrected chi connectivity index (χ4v) is 0.950. The van der Waals surface area contributed by atoms with E-state index in [1.165, 1.54) is 0 Å². The van der Waals surface area contributed by atoms with Crippen LogP contribution >= 0.6 is 0 Å². The zero-order valence-corrected chi connectivity index (χ0v) is 8.19. The smallest absolute Gasteiger partial charge is 0.280 e. The fraction of sp³-hybridized carbons (Fsp3) is 0.100. The topological polar surface area (TPSA) is 91.3 Å². The summed E-state index contributed by atoms with van der Waals surface area (Å²) in [7, 11) is 0. The van der Waals surface area contributed by atoms with E-state index in [9.17, 15) is 4.79 Å². The van der Waals surface area contributed by atoms with Crippen LogP contribution in [0.5, 0.6) is 0 Å². The number of amides is 1. The third-order valence-electron chi connectivity index (χ3n) is 1.77. The second kappa shape index (κ2) is 4.77. The SMILES string of the molecule is Cc1ccccc1N/N=C(\C#N)C(N)=O. The molecule has 0 atom stereocenters. The van der Waals surface area contributed by atoms with Gasteiger partial charge in [-0.15, -0.1) is 0 Å². The molecule has 76 valence electrons. The number of nitriles is 1. The second-order valence-corrected chi connectivity index (χ2v) is 2.86. The molecule has 0 unspecified atom stereocenters. The third kappa shape index (κ3) is 2.81. The standard InChI is InChI=1S/C10H10N4O/c1-7-4-2-3-5-8(7)13-14-9(6-11)10(12)15/h2-5,13H,1H3,(H2,12,15)/b14-9+. The van der Waals surface area contributed by atoms with E-state index in [1.807, 2.05) is 25.1 Å². The minimum absolute atomic E-state index is 0.349. The highest BCUT2D eigenvalue weighted by Crippen LogP contribution is 2.12. The van der Waals surface area contributed by atoms with Crippen LogP contribution in [-0.2, 0) is 4.79 Å². The van der Waals surface area contributed by atoms with Crippen LogP contribution in [0.1, 0.15) is 5.56 Å². The van der Waals surface area contributed by atoms with Crippen LogP contribution in [0, 0.1) is 18.3 Å². The predicted octanol–water partition coefficient (Wildman–Crippen LogP) is 0.772. The first kappa shape index (κ1) is 10.7. The number of hydrogen-bond donors (Lipinski definition) is 2. The molecule has 0 aliphatic heterocycles. The number of nitrogens with one attached hydrogen (secondary N) is 1. The lowest BCUT2D eigenvalue weighted by Gasteiger charge is -2.03. The Labute approximate surface area is 87.2 Å². The highest BCUT2D eigenvalue weighted by molar-refractivity contribution is 6.44. The van der Waals surface area contributed by atoms with E-state index in [4.69, 9.17) is 11.0 Å². The molecule has 0 spiro atoms. The first-order valence-electron chi connectivity index (χ1n) is 4.24. The van der Waals surface area contributed by atoms with Crippen molar-refractivity contribution in [3.63, 3.8) is 0 Å². The van der Waals surface area contributed by atoms with Gasteiger partial charge in [-0.25, -0.2) is 0 Å². The van der Waals surface area contributed by atoms with E-state index in [0.717, 1.165) is 11.3 Å². The van der Waals surface area contributed by atoms with Crippen molar-refractivity contribution in [3.05, 3.63) is 29.8 Å². The minimum Gasteiger partial charge on any atom is -0.364 e. The van der Waals surface area contributed by atoms with Crippen LogP contribution in [0.4, 0.5) is 5.69 Å². The summed E-state index contributed by atoms with van der Waals surface area (Å²) in [5, 5.41) is 12.1. The monoisotopic (exact) mass is 202 g/mol. The number of hydrogen-bond acceptors (Lipinski definition) is 4. The largest absolute Gasteiger partial charge is 0.364 e. The summed E-state index contributed by atoms with van der Waals surface area (Å²) < 4.78 is 0. The van der Waals surface area contributed by atoms with Crippen molar-refractivity contribution in [2.24, 2.45) is 10.8 Å². The molecule has 5 nitrogen and oxygen atoms in total. The maximum atomic E-state index is 10.7. The van der Waals surface area contributed by atoms with Gasteiger partial charge in [-0.3, -0.25) is 10.2 Å². The van der Waals surface area contributed by atoms with E-state index in [1.54, 1.807) is 12.1 Å². The predicted molar refractivity (Wildman–Crippen MR) is 57.0 cm³/mol. The van der Waals surface area contributed by atoms with Crippen molar-refractivity contribution in [3.8, 4) is 6.07 Å². The molecule has 0 saturated heterocycles. The van der Waals surface area contributed by atoms with Gasteiger partial charge in [0, 0.05) is 0 Å². The van der Waals surface area contributed by atoms with Gasteiger partial charge >= 0.3 is 0 Å². The molecule has 0 aliphatic rings. The van der Waals surface area contributed by atoms with Crippen molar-refractivity contribution in [1.82, 2.24) is 0 Å². The summed E-state index contributed by atoms with van der Waals surface area (Å²) in [5.41, 5.74) is 8.87. The Kier molecular flexibility index (Phi) is 3.41. The van der Waals surface area contributed by atoms with Crippen molar-refractivity contribution < 1.29 is 4.79 Å². The molecule has 15 heavy (non-hydrogen) atoms. The Balaban J connectivity index is 2.85. The van der Waals surface area contributed by atoms with Crippen molar-refractivity contribution in [2.45, 2.75) is 6.92 Å². The number of para-hydroxylation sites is 1. The maximum absolute atomic E-state index is 10.7. The van der Waals surface area contributed by atoms with Gasteiger partial charge in [0.05, 0.1) is 5.69 Å². The van der Waals surface area contributed by atoms with Crippen LogP contribution in [0.2, 0.25) is 0 Å². The quantitative estimate of drug-likeness (QED) is 0.560. The van der Waals surface area contributed by atoms with Crippen LogP contribution < -0.4 is 11.2 Å². The summed E-state index contributed by atoms with van der Waals surface area (Å²) in [4.78, 5) is 10.7. The molecular formula is C10H10N4O. The highest BCUT2D eigenvalue weighted by atomic mass is 16.1. The maximum Gasteiger partial charge on any atom is 0.280 e. The van der Waals surface area contributed by atoms with Gasteiger partial charge in [0.2, 0.25) is 5.71 Å². The van der Waals surface area contributed by atoms with E-state index < -0.39 is 5.91 Å². The number of carbonyl (C=O) groups excluding carboxylic acids is 1. The number of hydrazone groups is 1. The minimum atomic E-state index is -0.849. The van der Waals surface area contributed by atoms with Crippen LogP contribution in [0.15, 0.2) is 29.4 Å². The average Bonchev–Trinajstić information content (AvgIpc) is 2.21. The van der Waals surface area contributed by atoms with Gasteiger partial charge < -0.3 is 5.73 Å². The normalized spacial score (nSPS) is 10.5. The lowest BCUT2D eigenvalue weighted by Crippen LogP contribution is -2.22. The lowest BCUT2D eigenvalue weighted by atomic mass is 10.2. The number of anilines is 1. The van der Waals surface area contributed by atoms with Crippen LogP contribution in [0.3, 0.4) is 0 Å². The summed E-state index contributed by atoms with van der Waals surface area (Å²) in [6, 6.07) is 8.97. The number of benzene rings is 1. The molecule has 1 amide bonds. The molecule has 0 saturated carbocycles. The zero-order chi connectivity index (χ0) is 11.3. The molecule has 0 bridgehead atoms. The van der Waals surface area contributed by atoms with Crippen molar-refractivity contribution in [2.75, 3.05) is 5.43 Å². The Bertz CT molecular complexity index is 445. The van der Waals surface area contributed by atoms with Gasteiger partial charge in [-0.2, -0.15) is 10.4 Å². The first-order valence-corrected chi connectivity index (χ1v) is 4.24. The number of nitrogens with two attached hydrogens (primary N) is 1. The lowest BCUT2D eigenvalue weighted by molar-refractivity contribution is -0.111. The molecule has 1 aromatic carbocycles.